The van der Waals surface area contributed by atoms with Gasteiger partial charge in [0.1, 0.15) is 0 Å². The van der Waals surface area contributed by atoms with E-state index in [1.165, 1.54) is 4.88 Å². The number of nitrogens with one attached hydrogen (secondary N) is 1. The number of hydrogen-bond acceptors (Lipinski definition) is 4. The molecule has 1 aliphatic rings. The molecule has 1 saturated heterocycles. The van der Waals surface area contributed by atoms with Crippen LogP contribution in [0.15, 0.2) is 28.1 Å². The molecule has 6 heteroatoms. The van der Waals surface area contributed by atoms with E-state index in [2.05, 4.69) is 23.5 Å². The van der Waals surface area contributed by atoms with Gasteiger partial charge in [0.2, 0.25) is 0 Å². The van der Waals surface area contributed by atoms with E-state index in [-0.39, 0.29) is 12.1 Å². The van der Waals surface area contributed by atoms with E-state index in [4.69, 9.17) is 4.52 Å². The highest BCUT2D eigenvalue weighted by molar-refractivity contribution is 7.10. The van der Waals surface area contributed by atoms with Crippen LogP contribution in [0.3, 0.4) is 0 Å². The average molecular weight is 305 g/mol. The first kappa shape index (κ1) is 14.1. The Morgan fingerprint density at radius 3 is 3.19 bits per heavy atom. The number of amides is 2. The van der Waals surface area contributed by atoms with Gasteiger partial charge in [-0.05, 0) is 24.3 Å². The van der Waals surface area contributed by atoms with Crippen LogP contribution < -0.4 is 5.32 Å². The van der Waals surface area contributed by atoms with Crippen molar-refractivity contribution in [2.75, 3.05) is 6.54 Å². The lowest BCUT2D eigenvalue weighted by Gasteiger charge is -2.40. The zero-order chi connectivity index (χ0) is 14.7. The molecule has 2 amide bonds. The number of nitrogens with zero attached hydrogens (tertiary/aromatic N) is 2. The van der Waals surface area contributed by atoms with Crippen molar-refractivity contribution >= 4 is 17.4 Å². The molecule has 1 fully saturated rings. The van der Waals surface area contributed by atoms with Crippen LogP contribution >= 0.6 is 11.3 Å². The summed E-state index contributed by atoms with van der Waals surface area (Å²) in [5.41, 5.74) is 0.946. The van der Waals surface area contributed by atoms with Gasteiger partial charge >= 0.3 is 6.03 Å². The predicted molar refractivity (Wildman–Crippen MR) is 81.1 cm³/mol. The smallest absolute Gasteiger partial charge is 0.318 e. The van der Waals surface area contributed by atoms with E-state index in [1.807, 2.05) is 22.4 Å². The Labute approximate surface area is 127 Å². The van der Waals surface area contributed by atoms with Gasteiger partial charge in [-0.15, -0.1) is 11.3 Å². The van der Waals surface area contributed by atoms with Gasteiger partial charge in [0.15, 0.2) is 5.76 Å². The third-order valence-corrected chi connectivity index (χ3v) is 4.65. The van der Waals surface area contributed by atoms with E-state index < -0.39 is 0 Å². The summed E-state index contributed by atoms with van der Waals surface area (Å²) in [5, 5.41) is 8.94. The summed E-state index contributed by atoms with van der Waals surface area (Å²) in [6.45, 7) is 3.31. The van der Waals surface area contributed by atoms with E-state index in [1.54, 1.807) is 11.3 Å². The molecule has 0 aliphatic carbocycles. The Morgan fingerprint density at radius 2 is 2.52 bits per heavy atom. The molecule has 1 N–H and O–H groups in total. The van der Waals surface area contributed by atoms with Crippen LogP contribution in [-0.4, -0.2) is 22.6 Å². The molecule has 0 spiro atoms. The Morgan fingerprint density at radius 1 is 1.62 bits per heavy atom. The Hall–Kier alpha value is -1.82. The number of hydrogen-bond donors (Lipinski definition) is 1. The zero-order valence-electron chi connectivity index (χ0n) is 12.0. The maximum absolute atomic E-state index is 12.2. The summed E-state index contributed by atoms with van der Waals surface area (Å²) in [5.74, 6) is 0.708. The molecular formula is C15H19N3O2S. The van der Waals surface area contributed by atoms with Crippen molar-refractivity contribution in [1.82, 2.24) is 15.4 Å². The SMILES string of the molecule is CCCc1cc(CNC(=O)N2CC[C@@H]2c2cccs2)on1. The van der Waals surface area contributed by atoms with Crippen molar-refractivity contribution in [3.63, 3.8) is 0 Å². The lowest BCUT2D eigenvalue weighted by atomic mass is 10.0. The Kier molecular flexibility index (Phi) is 4.24. The number of thiophene rings is 1. The first-order chi connectivity index (χ1) is 10.3. The van der Waals surface area contributed by atoms with Gasteiger partial charge < -0.3 is 14.7 Å². The van der Waals surface area contributed by atoms with E-state index in [0.29, 0.717) is 12.3 Å². The number of aromatic nitrogens is 1. The van der Waals surface area contributed by atoms with E-state index >= 15 is 0 Å². The second-order valence-corrected chi connectivity index (χ2v) is 6.19. The van der Waals surface area contributed by atoms with Crippen molar-refractivity contribution in [1.29, 1.82) is 0 Å². The van der Waals surface area contributed by atoms with E-state index in [0.717, 1.165) is 31.5 Å². The average Bonchev–Trinajstić information content (AvgIpc) is 3.07. The predicted octanol–water partition coefficient (Wildman–Crippen LogP) is 3.35. The molecule has 5 nitrogen and oxygen atoms in total. The van der Waals surface area contributed by atoms with Gasteiger partial charge in [-0.2, -0.15) is 0 Å². The highest BCUT2D eigenvalue weighted by atomic mass is 32.1. The van der Waals surface area contributed by atoms with Crippen molar-refractivity contribution in [3.8, 4) is 0 Å². The van der Waals surface area contributed by atoms with Crippen LogP contribution in [-0.2, 0) is 13.0 Å². The molecule has 0 radical (unpaired) electrons. The monoisotopic (exact) mass is 305 g/mol. The summed E-state index contributed by atoms with van der Waals surface area (Å²) in [7, 11) is 0. The molecule has 3 heterocycles. The van der Waals surface area contributed by atoms with Crippen LogP contribution in [0.25, 0.3) is 0 Å². The zero-order valence-corrected chi connectivity index (χ0v) is 12.9. The molecule has 0 aromatic carbocycles. The molecule has 2 aromatic rings. The maximum atomic E-state index is 12.2. The molecule has 1 atom stereocenters. The molecule has 0 unspecified atom stereocenters. The maximum Gasteiger partial charge on any atom is 0.318 e. The summed E-state index contributed by atoms with van der Waals surface area (Å²) in [6.07, 6.45) is 2.98. The Balaban J connectivity index is 1.52. The molecule has 0 saturated carbocycles. The van der Waals surface area contributed by atoms with Crippen LogP contribution in [0.4, 0.5) is 4.79 Å². The van der Waals surface area contributed by atoms with Crippen molar-refractivity contribution in [3.05, 3.63) is 39.9 Å². The number of rotatable bonds is 5. The largest absolute Gasteiger partial charge is 0.359 e. The first-order valence-corrected chi connectivity index (χ1v) is 8.18. The molecule has 112 valence electrons. The summed E-state index contributed by atoms with van der Waals surface area (Å²) in [4.78, 5) is 15.3. The lowest BCUT2D eigenvalue weighted by Crippen LogP contribution is -2.49. The van der Waals surface area contributed by atoms with Gasteiger partial charge in [-0.1, -0.05) is 24.6 Å². The first-order valence-electron chi connectivity index (χ1n) is 7.30. The minimum absolute atomic E-state index is 0.0342. The molecule has 2 aromatic heterocycles. The molecule has 0 bridgehead atoms. The minimum Gasteiger partial charge on any atom is -0.359 e. The van der Waals surface area contributed by atoms with Gasteiger partial charge in [0, 0.05) is 17.5 Å². The molecule has 1 aliphatic heterocycles. The highest BCUT2D eigenvalue weighted by Crippen LogP contribution is 2.35. The number of carbonyl (C=O) groups excluding carboxylic acids is 1. The summed E-state index contributed by atoms with van der Waals surface area (Å²) in [6, 6.07) is 6.22. The van der Waals surface area contributed by atoms with Gasteiger partial charge in [-0.25, -0.2) is 4.79 Å². The van der Waals surface area contributed by atoms with Crippen molar-refractivity contribution in [2.45, 2.75) is 38.8 Å². The lowest BCUT2D eigenvalue weighted by molar-refractivity contribution is 0.116. The number of urea groups is 1. The fourth-order valence-electron chi connectivity index (χ4n) is 2.48. The van der Waals surface area contributed by atoms with Crippen LogP contribution in [0.5, 0.6) is 0 Å². The highest BCUT2D eigenvalue weighted by Gasteiger charge is 2.33. The second-order valence-electron chi connectivity index (χ2n) is 5.21. The summed E-state index contributed by atoms with van der Waals surface area (Å²) < 4.78 is 5.22. The number of likely N-dealkylation sites (tertiary alicyclic amines) is 1. The quantitative estimate of drug-likeness (QED) is 0.921. The van der Waals surface area contributed by atoms with Gasteiger partial charge in [0.25, 0.3) is 0 Å². The third-order valence-electron chi connectivity index (χ3n) is 3.68. The molecule has 21 heavy (non-hydrogen) atoms. The van der Waals surface area contributed by atoms with Crippen LogP contribution in [0.1, 0.15) is 42.1 Å². The van der Waals surface area contributed by atoms with Crippen LogP contribution in [0.2, 0.25) is 0 Å². The van der Waals surface area contributed by atoms with E-state index in [9.17, 15) is 4.79 Å². The van der Waals surface area contributed by atoms with Crippen molar-refractivity contribution < 1.29 is 9.32 Å². The standard InChI is InChI=1S/C15H19N3O2S/c1-2-4-11-9-12(20-17-11)10-16-15(19)18-7-6-13(18)14-5-3-8-21-14/h3,5,8-9,13H,2,4,6-7,10H2,1H3,(H,16,19)/t13-/m1/s1. The third kappa shape index (κ3) is 3.10. The van der Waals surface area contributed by atoms with Crippen molar-refractivity contribution in [2.24, 2.45) is 0 Å². The van der Waals surface area contributed by atoms with Gasteiger partial charge in [-0.3, -0.25) is 0 Å². The fraction of sp³-hybridized carbons (Fsp3) is 0.467. The fourth-order valence-corrected chi connectivity index (χ4v) is 3.36. The van der Waals surface area contributed by atoms with Crippen LogP contribution in [0, 0.1) is 0 Å². The normalized spacial score (nSPS) is 17.6. The number of carbonyl (C=O) groups is 1. The number of aryl methyl sites for hydroxylation is 1. The second kappa shape index (κ2) is 6.30. The van der Waals surface area contributed by atoms with Gasteiger partial charge in [0.05, 0.1) is 18.3 Å². The molecule has 3 rings (SSSR count). The molecular weight excluding hydrogens is 286 g/mol. The topological polar surface area (TPSA) is 58.4 Å². The Bertz CT molecular complexity index is 594. The minimum atomic E-state index is -0.0342. The summed E-state index contributed by atoms with van der Waals surface area (Å²) >= 11 is 1.70.